The fraction of sp³-hybridized carbons (Fsp3) is 0.211. The minimum absolute atomic E-state index is 0.826. The van der Waals surface area contributed by atoms with Gasteiger partial charge in [0.2, 0.25) is 0 Å². The number of rotatable bonds is 1. The van der Waals surface area contributed by atoms with Crippen molar-refractivity contribution < 1.29 is 20.8 Å². The first-order chi connectivity index (χ1) is 10.5. The van der Waals surface area contributed by atoms with Crippen LogP contribution in [-0.4, -0.2) is 0 Å². The molecule has 0 aliphatic rings. The first-order valence-corrected chi connectivity index (χ1v) is 13.5. The SMILES string of the molecule is Cc1cc(C)cc(-c2c(C)ccc3[cH-]c(C)cc23)c1.[Cl][Zr][Cl]. The molecule has 0 unspecified atom stereocenters. The molecule has 0 saturated carbocycles. The molecule has 0 aliphatic heterocycles. The predicted octanol–water partition coefficient (Wildman–Crippen LogP) is 6.84. The van der Waals surface area contributed by atoms with Gasteiger partial charge in [0.25, 0.3) is 0 Å². The second-order valence-electron chi connectivity index (χ2n) is 5.74. The zero-order chi connectivity index (χ0) is 16.3. The average Bonchev–Trinajstić information content (AvgIpc) is 2.78. The fourth-order valence-electron chi connectivity index (χ4n) is 3.04. The van der Waals surface area contributed by atoms with Crippen LogP contribution in [0.4, 0.5) is 0 Å². The maximum absolute atomic E-state index is 4.93. The molecule has 0 bridgehead atoms. The summed E-state index contributed by atoms with van der Waals surface area (Å²) in [5.74, 6) is 0. The Hall–Kier alpha value is -0.487. The minimum atomic E-state index is -0.826. The standard InChI is InChI=1S/C19H19.2ClH.Zr/c1-12-7-13(2)10-17(9-12)19-15(4)5-6-16-8-14(3)11-18(16)19;;;/h5-11H,1-4H3;2*1H;/q-1;;;+2/p-2. The molecule has 0 N–H and O–H groups in total. The van der Waals surface area contributed by atoms with Crippen molar-refractivity contribution in [2.24, 2.45) is 0 Å². The van der Waals surface area contributed by atoms with Gasteiger partial charge in [0.1, 0.15) is 0 Å². The number of fused-ring (bicyclic) bond motifs is 1. The van der Waals surface area contributed by atoms with E-state index >= 15 is 0 Å². The van der Waals surface area contributed by atoms with Crippen molar-refractivity contribution in [1.82, 2.24) is 0 Å². The quantitative estimate of drug-likeness (QED) is 0.386. The molecule has 0 nitrogen and oxygen atoms in total. The summed E-state index contributed by atoms with van der Waals surface area (Å²) in [7, 11) is 9.87. The monoisotopic (exact) mass is 407 g/mol. The zero-order valence-electron chi connectivity index (χ0n) is 13.3. The van der Waals surface area contributed by atoms with E-state index in [1.165, 1.54) is 44.2 Å². The molecule has 22 heavy (non-hydrogen) atoms. The van der Waals surface area contributed by atoms with Crippen LogP contribution in [-0.2, 0) is 20.8 Å². The number of benzene rings is 2. The summed E-state index contributed by atoms with van der Waals surface area (Å²) in [6.45, 7) is 8.71. The summed E-state index contributed by atoms with van der Waals surface area (Å²) in [6.07, 6.45) is 0. The molecular formula is C19H19Cl2Zr-. The second kappa shape index (κ2) is 7.87. The molecule has 3 heteroatoms. The molecule has 0 aromatic heterocycles. The van der Waals surface area contributed by atoms with Gasteiger partial charge in [-0.25, -0.2) is 0 Å². The Balaban J connectivity index is 0.000000545. The van der Waals surface area contributed by atoms with Gasteiger partial charge in [-0.3, -0.25) is 0 Å². The van der Waals surface area contributed by atoms with E-state index in [2.05, 4.69) is 70.2 Å². The third kappa shape index (κ3) is 4.07. The molecule has 0 spiro atoms. The summed E-state index contributed by atoms with van der Waals surface area (Å²) in [5, 5.41) is 2.72. The second-order valence-corrected chi connectivity index (χ2v) is 9.47. The van der Waals surface area contributed by atoms with Crippen molar-refractivity contribution in [2.45, 2.75) is 27.7 Å². The molecule has 114 valence electrons. The fourth-order valence-corrected chi connectivity index (χ4v) is 3.04. The van der Waals surface area contributed by atoms with Gasteiger partial charge in [-0.2, -0.15) is 6.07 Å². The Bertz CT molecular complexity index is 767. The van der Waals surface area contributed by atoms with E-state index in [9.17, 15) is 0 Å². The Morgan fingerprint density at radius 3 is 2.05 bits per heavy atom. The van der Waals surface area contributed by atoms with Crippen LogP contribution in [0.1, 0.15) is 22.3 Å². The van der Waals surface area contributed by atoms with Gasteiger partial charge >= 0.3 is 37.9 Å². The molecule has 0 radical (unpaired) electrons. The van der Waals surface area contributed by atoms with Crippen LogP contribution in [0.25, 0.3) is 21.9 Å². The van der Waals surface area contributed by atoms with Crippen molar-refractivity contribution in [3.05, 3.63) is 64.7 Å². The van der Waals surface area contributed by atoms with Crippen LogP contribution in [0.3, 0.4) is 0 Å². The molecule has 0 atom stereocenters. The van der Waals surface area contributed by atoms with Crippen LogP contribution >= 0.6 is 17.0 Å². The van der Waals surface area contributed by atoms with E-state index in [4.69, 9.17) is 17.0 Å². The molecule has 0 aliphatic carbocycles. The van der Waals surface area contributed by atoms with E-state index in [0.29, 0.717) is 0 Å². The van der Waals surface area contributed by atoms with E-state index < -0.39 is 20.8 Å². The maximum atomic E-state index is 4.93. The summed E-state index contributed by atoms with van der Waals surface area (Å²) in [5.41, 5.74) is 8.07. The predicted molar refractivity (Wildman–Crippen MR) is 95.6 cm³/mol. The average molecular weight is 409 g/mol. The molecule has 0 amide bonds. The Labute approximate surface area is 151 Å². The summed E-state index contributed by atoms with van der Waals surface area (Å²) in [6, 6.07) is 15.8. The van der Waals surface area contributed by atoms with Crippen LogP contribution < -0.4 is 0 Å². The third-order valence-corrected chi connectivity index (χ3v) is 3.75. The van der Waals surface area contributed by atoms with Gasteiger partial charge in [-0.15, -0.1) is 34.5 Å². The van der Waals surface area contributed by atoms with Crippen molar-refractivity contribution >= 4 is 27.8 Å². The van der Waals surface area contributed by atoms with Crippen LogP contribution in [0, 0.1) is 27.7 Å². The number of aryl methyl sites for hydroxylation is 4. The molecule has 0 saturated heterocycles. The zero-order valence-corrected chi connectivity index (χ0v) is 17.3. The van der Waals surface area contributed by atoms with Crippen molar-refractivity contribution in [1.29, 1.82) is 0 Å². The number of halogens is 2. The van der Waals surface area contributed by atoms with Crippen molar-refractivity contribution in [3.8, 4) is 11.1 Å². The topological polar surface area (TPSA) is 0 Å². The molecular weight excluding hydrogens is 390 g/mol. The molecule has 3 aromatic rings. The Morgan fingerprint density at radius 1 is 0.864 bits per heavy atom. The molecule has 3 rings (SSSR count). The van der Waals surface area contributed by atoms with Crippen molar-refractivity contribution in [2.75, 3.05) is 0 Å². The normalized spacial score (nSPS) is 10.3. The van der Waals surface area contributed by atoms with Gasteiger partial charge < -0.3 is 0 Å². The van der Waals surface area contributed by atoms with Crippen LogP contribution in [0.15, 0.2) is 42.5 Å². The Kier molecular flexibility index (Phi) is 6.39. The Morgan fingerprint density at radius 2 is 1.45 bits per heavy atom. The molecule has 3 aromatic carbocycles. The summed E-state index contributed by atoms with van der Waals surface area (Å²) >= 11 is -0.826. The first-order valence-electron chi connectivity index (χ1n) is 7.18. The van der Waals surface area contributed by atoms with Gasteiger partial charge in [-0.05, 0) is 26.3 Å². The van der Waals surface area contributed by atoms with Crippen LogP contribution in [0.2, 0.25) is 0 Å². The van der Waals surface area contributed by atoms with E-state index in [1.54, 1.807) is 0 Å². The van der Waals surface area contributed by atoms with E-state index in [-0.39, 0.29) is 0 Å². The third-order valence-electron chi connectivity index (χ3n) is 3.75. The van der Waals surface area contributed by atoms with Gasteiger partial charge in [0, 0.05) is 0 Å². The first kappa shape index (κ1) is 17.9. The van der Waals surface area contributed by atoms with Gasteiger partial charge in [0.05, 0.1) is 0 Å². The van der Waals surface area contributed by atoms with E-state index in [1.807, 2.05) is 0 Å². The van der Waals surface area contributed by atoms with Crippen molar-refractivity contribution in [3.63, 3.8) is 0 Å². The molecule has 0 heterocycles. The van der Waals surface area contributed by atoms with Crippen LogP contribution in [0.5, 0.6) is 0 Å². The summed E-state index contributed by atoms with van der Waals surface area (Å²) < 4.78 is 0. The van der Waals surface area contributed by atoms with Gasteiger partial charge in [0.15, 0.2) is 0 Å². The number of hydrogen-bond donors (Lipinski definition) is 0. The van der Waals surface area contributed by atoms with E-state index in [0.717, 1.165) is 0 Å². The summed E-state index contributed by atoms with van der Waals surface area (Å²) in [4.78, 5) is 0. The van der Waals surface area contributed by atoms with Gasteiger partial charge in [-0.1, -0.05) is 47.4 Å². The number of hydrogen-bond acceptors (Lipinski definition) is 0. The molecule has 0 fully saturated rings.